The zero-order chi connectivity index (χ0) is 19.2. The Morgan fingerprint density at radius 3 is 3.00 bits per heavy atom. The third-order valence-corrected chi connectivity index (χ3v) is 4.56. The van der Waals surface area contributed by atoms with Crippen LogP contribution >= 0.6 is 11.6 Å². The van der Waals surface area contributed by atoms with Crippen molar-refractivity contribution in [1.29, 1.82) is 0 Å². The number of nitrogens with zero attached hydrogens (tertiary/aromatic N) is 3. The van der Waals surface area contributed by atoms with Crippen LogP contribution in [0, 0.1) is 5.92 Å². The van der Waals surface area contributed by atoms with Crippen molar-refractivity contribution in [3.05, 3.63) is 29.7 Å². The third kappa shape index (κ3) is 5.35. The number of aliphatic hydroxyl groups excluding tert-OH is 1. The lowest BCUT2D eigenvalue weighted by Crippen LogP contribution is -2.37. The molecule has 0 unspecified atom stereocenters. The molecule has 0 saturated carbocycles. The summed E-state index contributed by atoms with van der Waals surface area (Å²) >= 11 is 6.28. The summed E-state index contributed by atoms with van der Waals surface area (Å²) in [5, 5.41) is 18.9. The molecule has 1 aliphatic rings. The van der Waals surface area contributed by atoms with E-state index in [0.717, 1.165) is 19.4 Å². The molecular formula is C18H23ClN6O2. The second-order valence-corrected chi connectivity index (χ2v) is 7.01. The highest BCUT2D eigenvalue weighted by atomic mass is 35.5. The first-order valence-corrected chi connectivity index (χ1v) is 9.32. The van der Waals surface area contributed by atoms with Gasteiger partial charge in [0, 0.05) is 24.8 Å². The first-order valence-electron chi connectivity index (χ1n) is 8.94. The van der Waals surface area contributed by atoms with Gasteiger partial charge in [0.1, 0.15) is 11.6 Å². The van der Waals surface area contributed by atoms with Crippen LogP contribution < -0.4 is 16.0 Å². The summed E-state index contributed by atoms with van der Waals surface area (Å²) in [7, 11) is 0. The van der Waals surface area contributed by atoms with Crippen molar-refractivity contribution in [3.8, 4) is 11.3 Å². The van der Waals surface area contributed by atoms with Crippen LogP contribution in [0.5, 0.6) is 0 Å². The second kappa shape index (κ2) is 9.07. The van der Waals surface area contributed by atoms with Crippen molar-refractivity contribution < 1.29 is 9.90 Å². The molecule has 4 N–H and O–H groups in total. The van der Waals surface area contributed by atoms with Gasteiger partial charge in [-0.1, -0.05) is 11.6 Å². The number of halogens is 1. The summed E-state index contributed by atoms with van der Waals surface area (Å²) < 4.78 is 0. The molecule has 144 valence electrons. The Morgan fingerprint density at radius 2 is 2.26 bits per heavy atom. The molecule has 0 bridgehead atoms. The fraction of sp³-hybridized carbons (Fsp3) is 0.444. The number of aromatic nitrogens is 3. The van der Waals surface area contributed by atoms with Gasteiger partial charge >= 0.3 is 0 Å². The van der Waals surface area contributed by atoms with E-state index in [9.17, 15) is 9.90 Å². The molecule has 2 aromatic heterocycles. The molecule has 3 heterocycles. The van der Waals surface area contributed by atoms with Crippen molar-refractivity contribution in [2.24, 2.45) is 5.92 Å². The monoisotopic (exact) mass is 390 g/mol. The largest absolute Gasteiger partial charge is 0.392 e. The number of anilines is 2. The Hall–Kier alpha value is -2.29. The number of amides is 1. The van der Waals surface area contributed by atoms with Gasteiger partial charge in [-0.05, 0) is 32.4 Å². The minimum atomic E-state index is -0.504. The quantitative estimate of drug-likeness (QED) is 0.596. The van der Waals surface area contributed by atoms with Crippen molar-refractivity contribution in [3.63, 3.8) is 0 Å². The molecule has 2 aromatic rings. The van der Waals surface area contributed by atoms with Gasteiger partial charge in [-0.2, -0.15) is 0 Å². The Balaban J connectivity index is 1.77. The van der Waals surface area contributed by atoms with Crippen molar-refractivity contribution in [2.45, 2.75) is 25.9 Å². The van der Waals surface area contributed by atoms with Crippen LogP contribution in [0.15, 0.2) is 24.7 Å². The number of hydrogen-bond acceptors (Lipinski definition) is 7. The Bertz CT molecular complexity index is 795. The number of pyridine rings is 1. The molecule has 1 aliphatic heterocycles. The molecule has 0 aliphatic carbocycles. The van der Waals surface area contributed by atoms with Crippen LogP contribution in [0.1, 0.15) is 19.8 Å². The van der Waals surface area contributed by atoms with Crippen molar-refractivity contribution in [2.75, 3.05) is 30.3 Å². The SMILES string of the molecule is C[C@H](O)CNc1cncc(-c2cc(NC(=O)[C@@H]3CCCNC3)ncc2Cl)n1. The lowest BCUT2D eigenvalue weighted by Gasteiger charge is -2.21. The lowest BCUT2D eigenvalue weighted by atomic mass is 9.99. The minimum absolute atomic E-state index is 0.0543. The molecule has 8 nitrogen and oxygen atoms in total. The lowest BCUT2D eigenvalue weighted by molar-refractivity contribution is -0.120. The van der Waals surface area contributed by atoms with Crippen LogP contribution in [0.3, 0.4) is 0 Å². The van der Waals surface area contributed by atoms with Crippen LogP contribution in [-0.2, 0) is 4.79 Å². The molecule has 0 radical (unpaired) electrons. The first kappa shape index (κ1) is 19.5. The summed E-state index contributed by atoms with van der Waals surface area (Å²) in [4.78, 5) is 25.2. The van der Waals surface area contributed by atoms with E-state index in [0.29, 0.717) is 41.0 Å². The van der Waals surface area contributed by atoms with Gasteiger partial charge in [-0.15, -0.1) is 0 Å². The highest BCUT2D eigenvalue weighted by Crippen LogP contribution is 2.28. The van der Waals surface area contributed by atoms with E-state index in [2.05, 4.69) is 30.9 Å². The normalized spacial score (nSPS) is 18.0. The molecule has 3 rings (SSSR count). The third-order valence-electron chi connectivity index (χ3n) is 4.26. The Kier molecular flexibility index (Phi) is 6.54. The molecule has 1 saturated heterocycles. The molecule has 27 heavy (non-hydrogen) atoms. The Morgan fingerprint density at radius 1 is 1.41 bits per heavy atom. The predicted molar refractivity (Wildman–Crippen MR) is 105 cm³/mol. The van der Waals surface area contributed by atoms with E-state index >= 15 is 0 Å². The number of piperidine rings is 1. The smallest absolute Gasteiger partial charge is 0.229 e. The summed E-state index contributed by atoms with van der Waals surface area (Å²) in [6.45, 7) is 3.67. The minimum Gasteiger partial charge on any atom is -0.392 e. The fourth-order valence-electron chi connectivity index (χ4n) is 2.84. The molecule has 0 spiro atoms. The van der Waals surface area contributed by atoms with E-state index in [1.165, 1.54) is 6.20 Å². The molecule has 9 heteroatoms. The van der Waals surface area contributed by atoms with E-state index in [1.807, 2.05) is 0 Å². The Labute approximate surface area is 162 Å². The van der Waals surface area contributed by atoms with E-state index in [1.54, 1.807) is 25.4 Å². The van der Waals surface area contributed by atoms with Crippen LogP contribution in [-0.4, -0.2) is 51.7 Å². The highest BCUT2D eigenvalue weighted by molar-refractivity contribution is 6.33. The zero-order valence-corrected chi connectivity index (χ0v) is 15.8. The number of hydrogen-bond donors (Lipinski definition) is 4. The number of nitrogens with one attached hydrogen (secondary N) is 3. The average Bonchev–Trinajstić information content (AvgIpc) is 2.68. The molecule has 2 atom stereocenters. The van der Waals surface area contributed by atoms with Gasteiger partial charge in [-0.25, -0.2) is 9.97 Å². The van der Waals surface area contributed by atoms with Gasteiger partial charge in [0.05, 0.1) is 35.1 Å². The van der Waals surface area contributed by atoms with Gasteiger partial charge < -0.3 is 21.1 Å². The van der Waals surface area contributed by atoms with Gasteiger partial charge in [0.15, 0.2) is 0 Å². The van der Waals surface area contributed by atoms with Crippen LogP contribution in [0.2, 0.25) is 5.02 Å². The molecule has 1 amide bonds. The fourth-order valence-corrected chi connectivity index (χ4v) is 3.04. The standard InChI is InChI=1S/C18H23ClN6O2/c1-11(26)6-22-17-10-21-9-15(24-17)13-5-16(23-8-14(13)19)25-18(27)12-3-2-4-20-7-12/h5,8-12,20,26H,2-4,6-7H2,1H3,(H,22,24)(H,23,25,27)/t11-,12+/m0/s1. The molecule has 1 fully saturated rings. The maximum atomic E-state index is 12.4. The number of carbonyl (C=O) groups excluding carboxylic acids is 1. The van der Waals surface area contributed by atoms with Gasteiger partial charge in [-0.3, -0.25) is 9.78 Å². The topological polar surface area (TPSA) is 112 Å². The van der Waals surface area contributed by atoms with Crippen molar-refractivity contribution in [1.82, 2.24) is 20.3 Å². The number of rotatable bonds is 6. The van der Waals surface area contributed by atoms with E-state index in [4.69, 9.17) is 11.6 Å². The van der Waals surface area contributed by atoms with Crippen LogP contribution in [0.25, 0.3) is 11.3 Å². The average molecular weight is 391 g/mol. The highest BCUT2D eigenvalue weighted by Gasteiger charge is 2.21. The second-order valence-electron chi connectivity index (χ2n) is 6.60. The summed E-state index contributed by atoms with van der Waals surface area (Å²) in [5.41, 5.74) is 1.17. The summed E-state index contributed by atoms with van der Waals surface area (Å²) in [6, 6.07) is 1.69. The summed E-state index contributed by atoms with van der Waals surface area (Å²) in [6.07, 6.45) is 5.99. The number of carbonyl (C=O) groups is 1. The predicted octanol–water partition coefficient (Wildman–Crippen LogP) is 1.92. The molecule has 0 aromatic carbocycles. The summed E-state index contributed by atoms with van der Waals surface area (Å²) in [5.74, 6) is 0.836. The first-order chi connectivity index (χ1) is 13.0. The van der Waals surface area contributed by atoms with Crippen molar-refractivity contribution >= 4 is 29.1 Å². The van der Waals surface area contributed by atoms with Gasteiger partial charge in [0.2, 0.25) is 5.91 Å². The maximum Gasteiger partial charge on any atom is 0.229 e. The van der Waals surface area contributed by atoms with Crippen LogP contribution in [0.4, 0.5) is 11.6 Å². The van der Waals surface area contributed by atoms with Gasteiger partial charge in [0.25, 0.3) is 0 Å². The zero-order valence-electron chi connectivity index (χ0n) is 15.1. The van der Waals surface area contributed by atoms with E-state index in [-0.39, 0.29) is 11.8 Å². The number of aliphatic hydroxyl groups is 1. The maximum absolute atomic E-state index is 12.4. The molecular weight excluding hydrogens is 368 g/mol. The van der Waals surface area contributed by atoms with E-state index < -0.39 is 6.10 Å².